The van der Waals surface area contributed by atoms with Gasteiger partial charge in [0.05, 0.1) is 18.1 Å². The van der Waals surface area contributed by atoms with Crippen LogP contribution in [0.5, 0.6) is 0 Å². The molecule has 0 saturated carbocycles. The molecule has 0 aliphatic rings. The summed E-state index contributed by atoms with van der Waals surface area (Å²) in [5.41, 5.74) is 2.38. The van der Waals surface area contributed by atoms with Crippen molar-refractivity contribution in [2.24, 2.45) is 5.92 Å². The van der Waals surface area contributed by atoms with E-state index in [1.54, 1.807) is 18.4 Å². The molecular formula is C20H25N5O2S. The molecular weight excluding hydrogens is 374 g/mol. The lowest BCUT2D eigenvalue weighted by Crippen LogP contribution is -2.28. The van der Waals surface area contributed by atoms with Crippen LogP contribution in [0.4, 0.5) is 0 Å². The third-order valence-corrected chi connectivity index (χ3v) is 5.18. The summed E-state index contributed by atoms with van der Waals surface area (Å²) in [4.78, 5) is 12.3. The molecule has 3 aromatic rings. The Morgan fingerprint density at radius 3 is 2.61 bits per heavy atom. The average molecular weight is 400 g/mol. The van der Waals surface area contributed by atoms with E-state index < -0.39 is 0 Å². The molecule has 1 aromatic carbocycles. The Morgan fingerprint density at radius 2 is 1.96 bits per heavy atom. The van der Waals surface area contributed by atoms with Gasteiger partial charge in [-0.25, -0.2) is 4.68 Å². The number of carbonyl (C=O) groups is 1. The Labute approximate surface area is 168 Å². The van der Waals surface area contributed by atoms with Gasteiger partial charge in [0.1, 0.15) is 0 Å². The number of nitrogen functional groups attached to an aromatic ring is 1. The number of amides is 1. The van der Waals surface area contributed by atoms with Crippen molar-refractivity contribution >= 4 is 17.7 Å². The van der Waals surface area contributed by atoms with E-state index in [0.29, 0.717) is 22.7 Å². The van der Waals surface area contributed by atoms with Crippen molar-refractivity contribution in [3.63, 3.8) is 0 Å². The van der Waals surface area contributed by atoms with Gasteiger partial charge in [0.25, 0.3) is 0 Å². The summed E-state index contributed by atoms with van der Waals surface area (Å²) in [6, 6.07) is 11.8. The van der Waals surface area contributed by atoms with Gasteiger partial charge in [-0.05, 0) is 42.5 Å². The van der Waals surface area contributed by atoms with Crippen LogP contribution in [0.15, 0.2) is 52.2 Å². The molecule has 28 heavy (non-hydrogen) atoms. The minimum atomic E-state index is -0.0914. The first-order chi connectivity index (χ1) is 13.4. The second kappa shape index (κ2) is 8.97. The lowest BCUT2D eigenvalue weighted by atomic mass is 10.00. The molecule has 1 atom stereocenters. The van der Waals surface area contributed by atoms with Crippen LogP contribution in [0.3, 0.4) is 0 Å². The van der Waals surface area contributed by atoms with Gasteiger partial charge in [0.2, 0.25) is 16.9 Å². The van der Waals surface area contributed by atoms with Crippen LogP contribution in [0.1, 0.15) is 37.9 Å². The van der Waals surface area contributed by atoms with Gasteiger partial charge in [-0.2, -0.15) is 0 Å². The Morgan fingerprint density at radius 1 is 1.21 bits per heavy atom. The maximum atomic E-state index is 12.3. The third-order valence-electron chi connectivity index (χ3n) is 4.24. The number of nitrogens with two attached hydrogens (primary N) is 1. The second-order valence-corrected chi connectivity index (χ2v) is 8.01. The van der Waals surface area contributed by atoms with Crippen LogP contribution in [0.2, 0.25) is 0 Å². The maximum absolute atomic E-state index is 12.3. The Balaban J connectivity index is 1.53. The number of aromatic nitrogens is 3. The van der Waals surface area contributed by atoms with E-state index >= 15 is 0 Å². The molecule has 148 valence electrons. The number of rotatable bonds is 8. The molecule has 3 N–H and O–H groups in total. The molecule has 0 saturated heterocycles. The first-order valence-corrected chi connectivity index (χ1v) is 10.2. The highest BCUT2D eigenvalue weighted by atomic mass is 32.2. The van der Waals surface area contributed by atoms with E-state index in [1.807, 2.05) is 6.92 Å². The summed E-state index contributed by atoms with van der Waals surface area (Å²) in [5.74, 6) is 7.68. The van der Waals surface area contributed by atoms with E-state index in [9.17, 15) is 4.79 Å². The number of nitrogens with one attached hydrogen (secondary N) is 1. The molecule has 0 aliphatic carbocycles. The minimum absolute atomic E-state index is 0.0735. The molecule has 3 rings (SSSR count). The van der Waals surface area contributed by atoms with Gasteiger partial charge in [-0.15, -0.1) is 10.2 Å². The first kappa shape index (κ1) is 20.0. The molecule has 0 unspecified atom stereocenters. The second-order valence-electron chi connectivity index (χ2n) is 7.07. The number of hydrogen-bond donors (Lipinski definition) is 2. The predicted octanol–water partition coefficient (Wildman–Crippen LogP) is 3.42. The van der Waals surface area contributed by atoms with Crippen LogP contribution in [-0.4, -0.2) is 26.5 Å². The summed E-state index contributed by atoms with van der Waals surface area (Å²) < 4.78 is 6.61. The molecule has 0 radical (unpaired) electrons. The molecule has 8 heteroatoms. The van der Waals surface area contributed by atoms with E-state index in [4.69, 9.17) is 10.3 Å². The summed E-state index contributed by atoms with van der Waals surface area (Å²) in [7, 11) is 0. The minimum Gasteiger partial charge on any atom is -0.461 e. The average Bonchev–Trinajstić information content (AvgIpc) is 3.29. The number of carbonyl (C=O) groups excluding carboxylic acids is 1. The summed E-state index contributed by atoms with van der Waals surface area (Å²) in [6.07, 6.45) is 2.60. The van der Waals surface area contributed by atoms with Gasteiger partial charge in [-0.3, -0.25) is 4.79 Å². The molecule has 7 nitrogen and oxygen atoms in total. The van der Waals surface area contributed by atoms with Crippen molar-refractivity contribution in [3.8, 4) is 11.6 Å². The summed E-state index contributed by atoms with van der Waals surface area (Å²) in [6.45, 7) is 6.38. The number of nitrogens with zero attached hydrogens (tertiary/aromatic N) is 3. The largest absolute Gasteiger partial charge is 0.461 e. The van der Waals surface area contributed by atoms with E-state index in [-0.39, 0.29) is 17.7 Å². The molecule has 2 heterocycles. The first-order valence-electron chi connectivity index (χ1n) is 9.19. The molecule has 0 fully saturated rings. The summed E-state index contributed by atoms with van der Waals surface area (Å²) in [5, 5.41) is 11.5. The zero-order valence-electron chi connectivity index (χ0n) is 16.3. The topological polar surface area (TPSA) is 99.0 Å². The fourth-order valence-corrected chi connectivity index (χ4v) is 3.53. The van der Waals surface area contributed by atoms with E-state index in [2.05, 4.69) is 53.6 Å². The number of furan rings is 1. The molecule has 0 spiro atoms. The van der Waals surface area contributed by atoms with Crippen LogP contribution in [-0.2, 0) is 11.2 Å². The van der Waals surface area contributed by atoms with Crippen LogP contribution >= 0.6 is 11.8 Å². The van der Waals surface area contributed by atoms with Gasteiger partial charge in [0.15, 0.2) is 5.76 Å². The monoisotopic (exact) mass is 399 g/mol. The van der Waals surface area contributed by atoms with Crippen molar-refractivity contribution in [2.75, 3.05) is 11.6 Å². The number of thioether (sulfide) groups is 1. The normalized spacial score (nSPS) is 12.3. The van der Waals surface area contributed by atoms with Crippen molar-refractivity contribution in [1.29, 1.82) is 0 Å². The maximum Gasteiger partial charge on any atom is 0.230 e. The lowest BCUT2D eigenvalue weighted by molar-refractivity contribution is -0.119. The fraction of sp³-hybridized carbons (Fsp3) is 0.350. The van der Waals surface area contributed by atoms with Crippen molar-refractivity contribution in [1.82, 2.24) is 20.2 Å². The van der Waals surface area contributed by atoms with Crippen LogP contribution in [0.25, 0.3) is 11.6 Å². The highest BCUT2D eigenvalue weighted by Gasteiger charge is 2.16. The Kier molecular flexibility index (Phi) is 6.41. The molecule has 0 bridgehead atoms. The van der Waals surface area contributed by atoms with Crippen molar-refractivity contribution in [3.05, 3.63) is 53.8 Å². The Bertz CT molecular complexity index is 903. The quantitative estimate of drug-likeness (QED) is 0.445. The molecule has 1 amide bonds. The number of hydrogen-bond acceptors (Lipinski definition) is 6. The van der Waals surface area contributed by atoms with Gasteiger partial charge in [0, 0.05) is 0 Å². The molecule has 0 aliphatic heterocycles. The van der Waals surface area contributed by atoms with E-state index in [0.717, 1.165) is 12.0 Å². The SMILES string of the molecule is CC(C)Cc1ccc([C@H](C)NC(=O)CSc2nnc(-c3ccco3)n2N)cc1. The van der Waals surface area contributed by atoms with Gasteiger partial charge >= 0.3 is 0 Å². The number of benzene rings is 1. The lowest BCUT2D eigenvalue weighted by Gasteiger charge is -2.15. The van der Waals surface area contributed by atoms with Crippen LogP contribution in [0, 0.1) is 5.92 Å². The predicted molar refractivity (Wildman–Crippen MR) is 110 cm³/mol. The fourth-order valence-electron chi connectivity index (χ4n) is 2.86. The summed E-state index contributed by atoms with van der Waals surface area (Å²) >= 11 is 1.23. The highest BCUT2D eigenvalue weighted by Crippen LogP contribution is 2.22. The Hall–Kier alpha value is -2.74. The third kappa shape index (κ3) is 4.95. The van der Waals surface area contributed by atoms with Gasteiger partial charge < -0.3 is 15.6 Å². The van der Waals surface area contributed by atoms with E-state index in [1.165, 1.54) is 22.0 Å². The van der Waals surface area contributed by atoms with Crippen molar-refractivity contribution < 1.29 is 9.21 Å². The van der Waals surface area contributed by atoms with Gasteiger partial charge in [-0.1, -0.05) is 49.9 Å². The zero-order chi connectivity index (χ0) is 20.1. The van der Waals surface area contributed by atoms with Crippen molar-refractivity contribution in [2.45, 2.75) is 38.4 Å². The highest BCUT2D eigenvalue weighted by molar-refractivity contribution is 7.99. The smallest absolute Gasteiger partial charge is 0.230 e. The standard InChI is InChI=1S/C20H25N5O2S/c1-13(2)11-15-6-8-16(9-7-15)14(3)22-18(26)12-28-20-24-23-19(25(20)21)17-5-4-10-27-17/h4-10,13-14H,11-12,21H2,1-3H3,(H,22,26)/t14-/m0/s1. The van der Waals surface area contributed by atoms with Crippen LogP contribution < -0.4 is 11.2 Å². The molecule has 2 aromatic heterocycles. The zero-order valence-corrected chi connectivity index (χ0v) is 17.1.